The maximum absolute atomic E-state index is 10.9. The monoisotopic (exact) mass is 194 g/mol. The van der Waals surface area contributed by atoms with Crippen molar-refractivity contribution in [3.63, 3.8) is 0 Å². The molecule has 0 aromatic carbocycles. The van der Waals surface area contributed by atoms with Crippen LogP contribution >= 0.6 is 8.25 Å². The maximum atomic E-state index is 10.9. The second-order valence-electron chi connectivity index (χ2n) is 2.98. The Morgan fingerprint density at radius 1 is 1.75 bits per heavy atom. The molecule has 1 unspecified atom stereocenters. The Balaban J connectivity index is 2.71. The van der Waals surface area contributed by atoms with Crippen LogP contribution in [0.15, 0.2) is 0 Å². The van der Waals surface area contributed by atoms with E-state index < -0.39 is 19.9 Å². The summed E-state index contributed by atoms with van der Waals surface area (Å²) in [6, 6.07) is 0. The van der Waals surface area contributed by atoms with Gasteiger partial charge in [0, 0.05) is 0 Å². The van der Waals surface area contributed by atoms with Crippen LogP contribution in [0.4, 0.5) is 4.79 Å². The third-order valence-electron chi connectivity index (χ3n) is 1.42. The van der Waals surface area contributed by atoms with Crippen LogP contribution in [-0.2, 0) is 13.9 Å². The van der Waals surface area contributed by atoms with Gasteiger partial charge in [0.15, 0.2) is 0 Å². The fourth-order valence-corrected chi connectivity index (χ4v) is 1.24. The van der Waals surface area contributed by atoms with Crippen molar-refractivity contribution in [2.24, 2.45) is 0 Å². The number of rotatable bonds is 2. The van der Waals surface area contributed by atoms with E-state index in [2.05, 4.69) is 9.36 Å². The largest absolute Gasteiger partial charge is 0.445 e. The lowest BCUT2D eigenvalue weighted by Gasteiger charge is -2.23. The van der Waals surface area contributed by atoms with Gasteiger partial charge in [0.1, 0.15) is 12.1 Å². The summed E-state index contributed by atoms with van der Waals surface area (Å²) in [5.41, 5.74) is -0.690. The van der Waals surface area contributed by atoms with E-state index in [0.29, 0.717) is 0 Å². The maximum Gasteiger partial charge on any atom is 0.435 e. The molecular weight excluding hydrogens is 185 g/mol. The van der Waals surface area contributed by atoms with E-state index in [9.17, 15) is 9.36 Å². The van der Waals surface area contributed by atoms with Crippen molar-refractivity contribution in [2.75, 3.05) is 6.61 Å². The van der Waals surface area contributed by atoms with Crippen LogP contribution in [0.5, 0.6) is 0 Å². The summed E-state index contributed by atoms with van der Waals surface area (Å²) in [5.74, 6) is 0. The number of cyclic esters (lactones) is 1. The van der Waals surface area contributed by atoms with Gasteiger partial charge in [-0.1, -0.05) is 0 Å². The van der Waals surface area contributed by atoms with Crippen molar-refractivity contribution < 1.29 is 23.6 Å². The van der Waals surface area contributed by atoms with Gasteiger partial charge in [-0.05, 0) is 13.8 Å². The molecule has 12 heavy (non-hydrogen) atoms. The number of nitrogens with zero attached hydrogens (tertiary/aromatic N) is 1. The fourth-order valence-electron chi connectivity index (χ4n) is 0.816. The number of ether oxygens (including phenoxy) is 1. The molecule has 1 radical (unpaired) electrons. The zero-order valence-corrected chi connectivity index (χ0v) is 7.58. The molecule has 1 amide bonds. The molecule has 0 aromatic heterocycles. The molecule has 0 saturated carbocycles. The van der Waals surface area contributed by atoms with Crippen molar-refractivity contribution in [3.8, 4) is 0 Å². The standard InChI is InChI=1S/C5H9NO5P/c1-5(2)3-10-4(7)6(5)11-12(8)9/h3H2,1-2H3,(H,8,9). The minimum Gasteiger partial charge on any atom is -0.445 e. The second-order valence-corrected chi connectivity index (χ2v) is 3.62. The van der Waals surface area contributed by atoms with Crippen LogP contribution in [0.1, 0.15) is 13.8 Å². The van der Waals surface area contributed by atoms with Crippen LogP contribution < -0.4 is 0 Å². The summed E-state index contributed by atoms with van der Waals surface area (Å²) in [7, 11) is -2.82. The highest BCUT2D eigenvalue weighted by atomic mass is 31.1. The lowest BCUT2D eigenvalue weighted by atomic mass is 10.1. The first-order chi connectivity index (χ1) is 5.43. The Bertz CT molecular complexity index is 228. The Kier molecular flexibility index (Phi) is 2.32. The van der Waals surface area contributed by atoms with E-state index in [1.165, 1.54) is 0 Å². The number of carbonyl (C=O) groups excluding carboxylic acids is 1. The van der Waals surface area contributed by atoms with Crippen LogP contribution in [0.2, 0.25) is 0 Å². The fraction of sp³-hybridized carbons (Fsp3) is 0.800. The summed E-state index contributed by atoms with van der Waals surface area (Å²) in [5, 5.41) is 0.770. The predicted octanol–water partition coefficient (Wildman–Crippen LogP) is 0.798. The minimum absolute atomic E-state index is 0.148. The van der Waals surface area contributed by atoms with Crippen molar-refractivity contribution in [3.05, 3.63) is 0 Å². The molecule has 1 aliphatic heterocycles. The van der Waals surface area contributed by atoms with Crippen molar-refractivity contribution >= 4 is 14.3 Å². The van der Waals surface area contributed by atoms with Gasteiger partial charge in [0.2, 0.25) is 0 Å². The molecule has 1 aliphatic rings. The first kappa shape index (κ1) is 9.38. The molecule has 1 atom stereocenters. The summed E-state index contributed by atoms with van der Waals surface area (Å²) in [4.78, 5) is 19.3. The summed E-state index contributed by atoms with van der Waals surface area (Å²) in [6.45, 7) is 3.47. The molecule has 1 heterocycles. The van der Waals surface area contributed by atoms with Crippen molar-refractivity contribution in [2.45, 2.75) is 19.4 Å². The van der Waals surface area contributed by atoms with Crippen LogP contribution in [0, 0.1) is 0 Å². The van der Waals surface area contributed by atoms with Gasteiger partial charge in [-0.15, -0.1) is 0 Å². The smallest absolute Gasteiger partial charge is 0.435 e. The van der Waals surface area contributed by atoms with Gasteiger partial charge in [0.05, 0.1) is 0 Å². The lowest BCUT2D eigenvalue weighted by molar-refractivity contribution is -0.0632. The number of hydrogen-bond acceptors (Lipinski definition) is 4. The van der Waals surface area contributed by atoms with E-state index in [-0.39, 0.29) is 6.61 Å². The molecule has 1 N–H and O–H groups in total. The Morgan fingerprint density at radius 2 is 2.33 bits per heavy atom. The van der Waals surface area contributed by atoms with Gasteiger partial charge < -0.3 is 4.74 Å². The SMILES string of the molecule is CC1(C)COC(=O)N1O[P](=O)O. The van der Waals surface area contributed by atoms with Gasteiger partial charge >= 0.3 is 14.3 Å². The summed E-state index contributed by atoms with van der Waals surface area (Å²) < 4.78 is 19.2. The highest BCUT2D eigenvalue weighted by Crippen LogP contribution is 2.30. The topological polar surface area (TPSA) is 76.1 Å². The third kappa shape index (κ3) is 1.72. The average molecular weight is 194 g/mol. The second kappa shape index (κ2) is 2.97. The number of hydroxylamine groups is 2. The van der Waals surface area contributed by atoms with Gasteiger partial charge in [-0.3, -0.25) is 4.89 Å². The van der Waals surface area contributed by atoms with Crippen LogP contribution in [-0.4, -0.2) is 28.2 Å². The van der Waals surface area contributed by atoms with Crippen LogP contribution in [0.3, 0.4) is 0 Å². The first-order valence-electron chi connectivity index (χ1n) is 3.25. The van der Waals surface area contributed by atoms with Crippen molar-refractivity contribution in [1.29, 1.82) is 0 Å². The molecule has 6 nitrogen and oxygen atoms in total. The number of hydrogen-bond donors (Lipinski definition) is 1. The average Bonchev–Trinajstić information content (AvgIpc) is 2.15. The molecule has 0 spiro atoms. The zero-order valence-electron chi connectivity index (χ0n) is 6.68. The molecule has 0 aliphatic carbocycles. The first-order valence-corrected chi connectivity index (χ1v) is 4.38. The van der Waals surface area contributed by atoms with Gasteiger partial charge in [-0.2, -0.15) is 9.69 Å². The molecule has 1 rings (SSSR count). The molecule has 7 heteroatoms. The van der Waals surface area contributed by atoms with E-state index in [4.69, 9.17) is 4.89 Å². The predicted molar refractivity (Wildman–Crippen MR) is 38.2 cm³/mol. The van der Waals surface area contributed by atoms with Crippen LogP contribution in [0.25, 0.3) is 0 Å². The Hall–Kier alpha value is -0.710. The van der Waals surface area contributed by atoms with E-state index in [1.807, 2.05) is 0 Å². The molecule has 1 saturated heterocycles. The molecule has 69 valence electrons. The quantitative estimate of drug-likeness (QED) is 0.658. The lowest BCUT2D eigenvalue weighted by Crippen LogP contribution is -2.40. The number of carbonyl (C=O) groups is 1. The van der Waals surface area contributed by atoms with E-state index in [0.717, 1.165) is 5.06 Å². The van der Waals surface area contributed by atoms with E-state index in [1.54, 1.807) is 13.8 Å². The molecular formula is C5H9NO5P. The van der Waals surface area contributed by atoms with Gasteiger partial charge in [-0.25, -0.2) is 9.36 Å². The number of amides is 1. The third-order valence-corrected chi connectivity index (χ3v) is 1.72. The Morgan fingerprint density at radius 3 is 2.67 bits per heavy atom. The molecule has 0 aromatic rings. The summed E-state index contributed by atoms with van der Waals surface area (Å²) >= 11 is 0. The minimum atomic E-state index is -2.82. The molecule has 1 fully saturated rings. The highest BCUT2D eigenvalue weighted by molar-refractivity contribution is 7.32. The summed E-state index contributed by atoms with van der Waals surface area (Å²) in [6.07, 6.45) is -0.739. The highest BCUT2D eigenvalue weighted by Gasteiger charge is 2.42. The zero-order chi connectivity index (χ0) is 9.35. The van der Waals surface area contributed by atoms with Crippen molar-refractivity contribution in [1.82, 2.24) is 5.06 Å². The van der Waals surface area contributed by atoms with E-state index >= 15 is 0 Å². The van der Waals surface area contributed by atoms with Gasteiger partial charge in [0.25, 0.3) is 0 Å². The normalized spacial score (nSPS) is 22.4. The Labute approximate surface area is 70.0 Å². The molecule has 0 bridgehead atoms.